The fourth-order valence-electron chi connectivity index (χ4n) is 0.664. The Bertz CT molecular complexity index is 334. The molecule has 0 aliphatic heterocycles. The molecule has 0 aromatic carbocycles. The summed E-state index contributed by atoms with van der Waals surface area (Å²) in [7, 11) is -6.03. The molecule has 0 aromatic rings. The Hall–Kier alpha value is 0.0174. The first-order valence-electron chi connectivity index (χ1n) is 3.46. The second-order valence-corrected chi connectivity index (χ2v) is 4.13. The van der Waals surface area contributed by atoms with Gasteiger partial charge in [0.1, 0.15) is 0 Å². The predicted molar refractivity (Wildman–Crippen MR) is 44.3 cm³/mol. The van der Waals surface area contributed by atoms with Gasteiger partial charge in [-0.25, -0.2) is 22.0 Å². The molecule has 0 fully saturated rings. The zero-order valence-corrected chi connectivity index (χ0v) is 7.94. The molecule has 0 spiro atoms. The van der Waals surface area contributed by atoms with Gasteiger partial charge in [-0.05, 0) is 0 Å². The summed E-state index contributed by atoms with van der Waals surface area (Å²) in [6, 6.07) is 0. The summed E-state index contributed by atoms with van der Waals surface area (Å²) in [4.78, 5) is 0. The molecule has 0 amide bonds. The average molecular weight is 286 g/mol. The van der Waals surface area contributed by atoms with Crippen molar-refractivity contribution in [1.29, 1.82) is 0 Å². The molecule has 3 atom stereocenters. The van der Waals surface area contributed by atoms with Gasteiger partial charge >= 0.3 is 34.9 Å². The molecule has 0 saturated carbocycles. The number of hydrogen-bond acceptors (Lipinski definition) is 2. The van der Waals surface area contributed by atoms with E-state index in [0.29, 0.717) is 0 Å². The van der Waals surface area contributed by atoms with Crippen LogP contribution in [0.3, 0.4) is 0 Å². The van der Waals surface area contributed by atoms with Crippen molar-refractivity contribution in [3.05, 3.63) is 0 Å². The van der Waals surface area contributed by atoms with E-state index in [4.69, 9.17) is 4.55 Å². The molecular weight excluding hydrogens is 280 g/mol. The third-order valence-corrected chi connectivity index (χ3v) is 2.29. The number of rotatable bonds is 5. The minimum absolute atomic E-state index is 0. The third kappa shape index (κ3) is 4.65. The van der Waals surface area contributed by atoms with E-state index in [2.05, 4.69) is 0 Å². The molecule has 0 radical (unpaired) electrons. The second-order valence-electron chi connectivity index (χ2n) is 2.69. The van der Waals surface area contributed by atoms with Crippen LogP contribution in [0.25, 0.3) is 0 Å². The van der Waals surface area contributed by atoms with Crippen molar-refractivity contribution in [2.24, 2.45) is 0 Å². The van der Waals surface area contributed by atoms with Crippen LogP contribution in [-0.2, 0) is 10.1 Å². The van der Waals surface area contributed by atoms with Crippen LogP contribution in [0.2, 0.25) is 0 Å². The van der Waals surface area contributed by atoms with E-state index in [-0.39, 0.29) is 18.9 Å². The SMILES string of the molecule is O=S(=O)(O)C(F)C(F)(F)C(F)C(F)C(F)F.[LiH]. The maximum absolute atomic E-state index is 12.5. The van der Waals surface area contributed by atoms with Gasteiger partial charge in [0, 0.05) is 0 Å². The van der Waals surface area contributed by atoms with Crippen LogP contribution in [0.4, 0.5) is 30.7 Å². The van der Waals surface area contributed by atoms with Crippen molar-refractivity contribution in [1.82, 2.24) is 0 Å². The normalized spacial score (nSPS) is 18.4. The van der Waals surface area contributed by atoms with Crippen LogP contribution >= 0.6 is 0 Å². The summed E-state index contributed by atoms with van der Waals surface area (Å²) in [5, 5.41) is 0. The Labute approximate surface area is 103 Å². The first-order valence-corrected chi connectivity index (χ1v) is 4.97. The topological polar surface area (TPSA) is 54.4 Å². The molecule has 3 nitrogen and oxygen atoms in total. The van der Waals surface area contributed by atoms with Gasteiger partial charge in [-0.15, -0.1) is 0 Å². The minimum atomic E-state index is -6.03. The Morgan fingerprint density at radius 2 is 1.35 bits per heavy atom. The quantitative estimate of drug-likeness (QED) is 0.468. The van der Waals surface area contributed by atoms with E-state index in [1.54, 1.807) is 0 Å². The van der Waals surface area contributed by atoms with Crippen molar-refractivity contribution in [2.75, 3.05) is 0 Å². The summed E-state index contributed by atoms with van der Waals surface area (Å²) < 4.78 is 112. The summed E-state index contributed by atoms with van der Waals surface area (Å²) in [6.45, 7) is 0. The van der Waals surface area contributed by atoms with Crippen molar-refractivity contribution >= 4 is 29.0 Å². The van der Waals surface area contributed by atoms with Gasteiger partial charge in [0.05, 0.1) is 0 Å². The Morgan fingerprint density at radius 3 is 1.59 bits per heavy atom. The molecule has 0 bridgehead atoms. The van der Waals surface area contributed by atoms with Crippen LogP contribution in [0, 0.1) is 0 Å². The van der Waals surface area contributed by atoms with Crippen molar-refractivity contribution in [3.63, 3.8) is 0 Å². The summed E-state index contributed by atoms with van der Waals surface area (Å²) in [5.74, 6) is -5.62. The Morgan fingerprint density at radius 1 is 1.00 bits per heavy atom. The third-order valence-electron chi connectivity index (χ3n) is 1.45. The molecule has 1 N–H and O–H groups in total. The summed E-state index contributed by atoms with van der Waals surface area (Å²) in [6.07, 6.45) is -12.7. The van der Waals surface area contributed by atoms with Crippen molar-refractivity contribution in [2.45, 2.75) is 30.2 Å². The first kappa shape index (κ1) is 19.4. The van der Waals surface area contributed by atoms with Crippen LogP contribution < -0.4 is 0 Å². The van der Waals surface area contributed by atoms with E-state index < -0.39 is 40.3 Å². The molecule has 3 unspecified atom stereocenters. The molecule has 12 heteroatoms. The van der Waals surface area contributed by atoms with Crippen LogP contribution in [-0.4, -0.2) is 62.0 Å². The van der Waals surface area contributed by atoms with Crippen molar-refractivity contribution < 1.29 is 43.7 Å². The average Bonchev–Trinajstić information content (AvgIpc) is 2.12. The van der Waals surface area contributed by atoms with E-state index >= 15 is 0 Å². The van der Waals surface area contributed by atoms with Gasteiger partial charge in [-0.2, -0.15) is 17.2 Å². The van der Waals surface area contributed by atoms with E-state index in [1.807, 2.05) is 0 Å². The molecule has 0 aromatic heterocycles. The molecular formula is C5H6F7LiO3S. The van der Waals surface area contributed by atoms with Gasteiger partial charge in [0.2, 0.25) is 6.17 Å². The molecule has 0 aliphatic rings. The Kier molecular flexibility index (Phi) is 7.13. The fraction of sp³-hybridized carbons (Fsp3) is 1.00. The van der Waals surface area contributed by atoms with Crippen LogP contribution in [0.1, 0.15) is 0 Å². The van der Waals surface area contributed by atoms with Crippen LogP contribution in [0.15, 0.2) is 0 Å². The number of alkyl halides is 7. The van der Waals surface area contributed by atoms with Gasteiger partial charge in [0.15, 0.2) is 6.17 Å². The van der Waals surface area contributed by atoms with E-state index in [1.165, 1.54) is 0 Å². The molecule has 0 saturated heterocycles. The van der Waals surface area contributed by atoms with Gasteiger partial charge in [0.25, 0.3) is 11.9 Å². The molecule has 0 heterocycles. The first-order chi connectivity index (χ1) is 6.92. The predicted octanol–water partition coefficient (Wildman–Crippen LogP) is 1.10. The molecule has 0 aliphatic carbocycles. The van der Waals surface area contributed by atoms with Gasteiger partial charge < -0.3 is 0 Å². The van der Waals surface area contributed by atoms with Crippen LogP contribution in [0.5, 0.6) is 0 Å². The Balaban J connectivity index is 0. The van der Waals surface area contributed by atoms with Crippen molar-refractivity contribution in [3.8, 4) is 0 Å². The fourth-order valence-corrected chi connectivity index (χ4v) is 1.19. The monoisotopic (exact) mass is 286 g/mol. The number of hydrogen-bond donors (Lipinski definition) is 1. The van der Waals surface area contributed by atoms with E-state index in [9.17, 15) is 39.2 Å². The summed E-state index contributed by atoms with van der Waals surface area (Å²) >= 11 is 0. The van der Waals surface area contributed by atoms with Gasteiger partial charge in [-0.3, -0.25) is 4.55 Å². The second kappa shape index (κ2) is 6.26. The molecule has 17 heavy (non-hydrogen) atoms. The maximum atomic E-state index is 12.5. The zero-order valence-electron chi connectivity index (χ0n) is 7.13. The molecule has 100 valence electrons. The zero-order chi connectivity index (χ0) is 13.3. The molecule has 0 rings (SSSR count). The standard InChI is InChI=1S/C5H5F7O3S.Li.H/c6-1(3(8)9)2(7)5(11,12)4(10)16(13,14)15;;/h1-4H,(H,13,14,15);;. The summed E-state index contributed by atoms with van der Waals surface area (Å²) in [5.41, 5.74) is -4.52. The van der Waals surface area contributed by atoms with Gasteiger partial charge in [-0.1, -0.05) is 0 Å². The number of halogens is 7. The van der Waals surface area contributed by atoms with E-state index in [0.717, 1.165) is 0 Å².